The molecule has 1 fully saturated rings. The standard InChI is InChI=1S/C15H27N3OS/c1-11(2)15(4,19)10-16-13-5-7-18(8-6-13)14-17-12(3)9-20-14/h9,11,13,16,19H,5-8,10H2,1-4H3. The maximum Gasteiger partial charge on any atom is 0.185 e. The summed E-state index contributed by atoms with van der Waals surface area (Å²) in [6.07, 6.45) is 2.24. The molecule has 1 saturated heterocycles. The molecule has 20 heavy (non-hydrogen) atoms. The van der Waals surface area contributed by atoms with Crippen molar-refractivity contribution in [3.63, 3.8) is 0 Å². The molecule has 1 aliphatic rings. The van der Waals surface area contributed by atoms with E-state index in [0.717, 1.165) is 36.8 Å². The molecule has 4 nitrogen and oxygen atoms in total. The Hall–Kier alpha value is -0.650. The van der Waals surface area contributed by atoms with Crippen molar-refractivity contribution in [3.05, 3.63) is 11.1 Å². The molecular weight excluding hydrogens is 270 g/mol. The van der Waals surface area contributed by atoms with Crippen LogP contribution in [0.4, 0.5) is 5.13 Å². The number of hydrogen-bond acceptors (Lipinski definition) is 5. The first-order valence-electron chi connectivity index (χ1n) is 7.51. The number of nitrogens with one attached hydrogen (secondary N) is 1. The smallest absolute Gasteiger partial charge is 0.185 e. The van der Waals surface area contributed by atoms with Crippen LogP contribution < -0.4 is 10.2 Å². The van der Waals surface area contributed by atoms with E-state index < -0.39 is 5.60 Å². The summed E-state index contributed by atoms with van der Waals surface area (Å²) < 4.78 is 0. The Balaban J connectivity index is 1.77. The van der Waals surface area contributed by atoms with E-state index in [1.165, 1.54) is 0 Å². The summed E-state index contributed by atoms with van der Waals surface area (Å²) in [7, 11) is 0. The number of aromatic nitrogens is 1. The molecule has 0 radical (unpaired) electrons. The van der Waals surface area contributed by atoms with Crippen molar-refractivity contribution in [2.75, 3.05) is 24.5 Å². The molecule has 1 atom stereocenters. The number of aryl methyl sites for hydroxylation is 1. The lowest BCUT2D eigenvalue weighted by molar-refractivity contribution is 0.0111. The second-order valence-electron chi connectivity index (χ2n) is 6.43. The van der Waals surface area contributed by atoms with Gasteiger partial charge in [0.15, 0.2) is 5.13 Å². The highest BCUT2D eigenvalue weighted by Crippen LogP contribution is 2.24. The van der Waals surface area contributed by atoms with Gasteiger partial charge in [-0.25, -0.2) is 4.98 Å². The van der Waals surface area contributed by atoms with Gasteiger partial charge in [0.25, 0.3) is 0 Å². The van der Waals surface area contributed by atoms with Gasteiger partial charge in [0.2, 0.25) is 0 Å². The Morgan fingerprint density at radius 3 is 2.65 bits per heavy atom. The normalized spacial score (nSPS) is 20.4. The molecule has 0 aromatic carbocycles. The summed E-state index contributed by atoms with van der Waals surface area (Å²) in [6.45, 7) is 10.9. The predicted octanol–water partition coefficient (Wildman–Crippen LogP) is 2.42. The van der Waals surface area contributed by atoms with E-state index in [0.29, 0.717) is 12.6 Å². The van der Waals surface area contributed by atoms with E-state index in [2.05, 4.69) is 34.4 Å². The number of hydrogen-bond donors (Lipinski definition) is 2. The van der Waals surface area contributed by atoms with Gasteiger partial charge in [0.1, 0.15) is 0 Å². The quantitative estimate of drug-likeness (QED) is 0.876. The molecule has 1 aromatic heterocycles. The minimum absolute atomic E-state index is 0.272. The van der Waals surface area contributed by atoms with E-state index in [1.807, 2.05) is 13.8 Å². The minimum Gasteiger partial charge on any atom is -0.389 e. The zero-order chi connectivity index (χ0) is 14.8. The number of nitrogens with zero attached hydrogens (tertiary/aromatic N) is 2. The summed E-state index contributed by atoms with van der Waals surface area (Å²) in [6, 6.07) is 0.512. The Labute approximate surface area is 126 Å². The Morgan fingerprint density at radius 1 is 1.50 bits per heavy atom. The van der Waals surface area contributed by atoms with Crippen LogP contribution in [-0.2, 0) is 0 Å². The third kappa shape index (κ3) is 3.93. The van der Waals surface area contributed by atoms with Crippen LogP contribution in [0.2, 0.25) is 0 Å². The van der Waals surface area contributed by atoms with Gasteiger partial charge in [-0.05, 0) is 32.6 Å². The molecular formula is C15H27N3OS. The summed E-state index contributed by atoms with van der Waals surface area (Å²) in [4.78, 5) is 6.92. The number of piperidine rings is 1. The topological polar surface area (TPSA) is 48.4 Å². The van der Waals surface area contributed by atoms with Crippen LogP contribution >= 0.6 is 11.3 Å². The van der Waals surface area contributed by atoms with Crippen molar-refractivity contribution in [1.29, 1.82) is 0 Å². The Morgan fingerprint density at radius 2 is 2.15 bits per heavy atom. The van der Waals surface area contributed by atoms with Gasteiger partial charge < -0.3 is 15.3 Å². The van der Waals surface area contributed by atoms with Gasteiger partial charge in [-0.2, -0.15) is 0 Å². The Kier molecular flexibility index (Phi) is 5.04. The molecule has 2 rings (SSSR count). The van der Waals surface area contributed by atoms with Crippen LogP contribution in [0.3, 0.4) is 0 Å². The molecule has 5 heteroatoms. The van der Waals surface area contributed by atoms with Crippen molar-refractivity contribution in [2.24, 2.45) is 5.92 Å². The van der Waals surface area contributed by atoms with Gasteiger partial charge in [-0.1, -0.05) is 13.8 Å². The molecule has 1 unspecified atom stereocenters. The van der Waals surface area contributed by atoms with E-state index >= 15 is 0 Å². The largest absolute Gasteiger partial charge is 0.389 e. The number of aliphatic hydroxyl groups is 1. The first kappa shape index (κ1) is 15.7. The first-order valence-corrected chi connectivity index (χ1v) is 8.39. The first-order chi connectivity index (χ1) is 9.38. The summed E-state index contributed by atoms with van der Waals surface area (Å²) in [5, 5.41) is 17.1. The molecule has 0 amide bonds. The van der Waals surface area contributed by atoms with E-state index in [4.69, 9.17) is 0 Å². The van der Waals surface area contributed by atoms with Crippen LogP contribution in [-0.4, -0.2) is 41.4 Å². The molecule has 1 aliphatic heterocycles. The lowest BCUT2D eigenvalue weighted by atomic mass is 9.92. The maximum atomic E-state index is 10.3. The van der Waals surface area contributed by atoms with Crippen molar-refractivity contribution in [1.82, 2.24) is 10.3 Å². The van der Waals surface area contributed by atoms with Crippen LogP contribution in [0, 0.1) is 12.8 Å². The average molecular weight is 297 g/mol. The third-order valence-electron chi connectivity index (χ3n) is 4.36. The molecule has 0 aliphatic carbocycles. The summed E-state index contributed by atoms with van der Waals surface area (Å²) in [5.41, 5.74) is 0.488. The summed E-state index contributed by atoms with van der Waals surface area (Å²) in [5.74, 6) is 0.272. The van der Waals surface area contributed by atoms with E-state index in [1.54, 1.807) is 11.3 Å². The summed E-state index contributed by atoms with van der Waals surface area (Å²) >= 11 is 1.73. The lowest BCUT2D eigenvalue weighted by Gasteiger charge is -2.35. The van der Waals surface area contributed by atoms with Gasteiger partial charge in [-0.15, -0.1) is 11.3 Å². The molecule has 2 heterocycles. The fourth-order valence-electron chi connectivity index (χ4n) is 2.32. The monoisotopic (exact) mass is 297 g/mol. The van der Waals surface area contributed by atoms with E-state index in [9.17, 15) is 5.11 Å². The highest BCUT2D eigenvalue weighted by Gasteiger charge is 2.27. The van der Waals surface area contributed by atoms with E-state index in [-0.39, 0.29) is 5.92 Å². The zero-order valence-electron chi connectivity index (χ0n) is 13.0. The van der Waals surface area contributed by atoms with Crippen LogP contribution in [0.15, 0.2) is 5.38 Å². The molecule has 114 valence electrons. The number of anilines is 1. The van der Waals surface area contributed by atoms with Gasteiger partial charge in [0, 0.05) is 31.1 Å². The number of rotatable bonds is 5. The second-order valence-corrected chi connectivity index (χ2v) is 7.26. The predicted molar refractivity (Wildman–Crippen MR) is 85.6 cm³/mol. The highest BCUT2D eigenvalue weighted by atomic mass is 32.1. The van der Waals surface area contributed by atoms with Gasteiger partial charge in [0.05, 0.1) is 11.3 Å². The number of thiazole rings is 1. The van der Waals surface area contributed by atoms with Crippen molar-refractivity contribution in [2.45, 2.75) is 52.2 Å². The van der Waals surface area contributed by atoms with Gasteiger partial charge in [-0.3, -0.25) is 0 Å². The van der Waals surface area contributed by atoms with Gasteiger partial charge >= 0.3 is 0 Å². The Bertz CT molecular complexity index is 423. The van der Waals surface area contributed by atoms with Crippen molar-refractivity contribution in [3.8, 4) is 0 Å². The average Bonchev–Trinajstić information content (AvgIpc) is 2.83. The fraction of sp³-hybridized carbons (Fsp3) is 0.800. The molecule has 0 saturated carbocycles. The maximum absolute atomic E-state index is 10.3. The second kappa shape index (κ2) is 6.41. The molecule has 0 spiro atoms. The van der Waals surface area contributed by atoms with Crippen molar-refractivity contribution >= 4 is 16.5 Å². The highest BCUT2D eigenvalue weighted by molar-refractivity contribution is 7.13. The third-order valence-corrected chi connectivity index (χ3v) is 5.38. The SMILES string of the molecule is Cc1csc(N2CCC(NCC(C)(O)C(C)C)CC2)n1. The fourth-order valence-corrected chi connectivity index (χ4v) is 3.17. The lowest BCUT2D eigenvalue weighted by Crippen LogP contribution is -2.49. The van der Waals surface area contributed by atoms with Crippen LogP contribution in [0.1, 0.15) is 39.3 Å². The van der Waals surface area contributed by atoms with Crippen LogP contribution in [0.5, 0.6) is 0 Å². The van der Waals surface area contributed by atoms with Crippen molar-refractivity contribution < 1.29 is 5.11 Å². The molecule has 0 bridgehead atoms. The minimum atomic E-state index is -0.621. The molecule has 2 N–H and O–H groups in total. The van der Waals surface area contributed by atoms with Crippen LogP contribution in [0.25, 0.3) is 0 Å². The molecule has 1 aromatic rings. The zero-order valence-corrected chi connectivity index (χ0v) is 13.8.